The van der Waals surface area contributed by atoms with Gasteiger partial charge in [-0.05, 0) is 78.9 Å². The van der Waals surface area contributed by atoms with Crippen LogP contribution in [0.15, 0.2) is 18.2 Å². The van der Waals surface area contributed by atoms with E-state index in [1.165, 1.54) is 49.8 Å². The molecule has 6 rings (SSSR count). The van der Waals surface area contributed by atoms with Crippen molar-refractivity contribution in [3.05, 3.63) is 34.9 Å². The minimum atomic E-state index is -0.626. The maximum atomic E-state index is 12.9. The molecule has 4 fully saturated rings. The van der Waals surface area contributed by atoms with E-state index in [0.717, 1.165) is 11.1 Å². The van der Waals surface area contributed by atoms with Crippen LogP contribution in [-0.2, 0) is 27.4 Å². The van der Waals surface area contributed by atoms with Crippen molar-refractivity contribution in [3.63, 3.8) is 0 Å². The van der Waals surface area contributed by atoms with Gasteiger partial charge in [-0.3, -0.25) is 19.7 Å². The number of rotatable bonds is 5. The van der Waals surface area contributed by atoms with Gasteiger partial charge in [0.25, 0.3) is 5.91 Å². The summed E-state index contributed by atoms with van der Waals surface area (Å²) in [5, 5.41) is 5.10. The SMILES string of the molecule is O=C1CCC(N2Cc3ccc(CNC(=O)OCC4CC5(C4)CC4(CCC4)C5)cc3C2=O)C(=O)N1. The molecule has 3 aliphatic carbocycles. The smallest absolute Gasteiger partial charge is 0.407 e. The Morgan fingerprint density at radius 1 is 1.15 bits per heavy atom. The monoisotopic (exact) mass is 465 g/mol. The van der Waals surface area contributed by atoms with Gasteiger partial charge in [0.05, 0.1) is 6.61 Å². The van der Waals surface area contributed by atoms with Crippen LogP contribution >= 0.6 is 0 Å². The lowest BCUT2D eigenvalue weighted by molar-refractivity contribution is -0.168. The maximum Gasteiger partial charge on any atom is 0.407 e. The Hall–Kier alpha value is -2.90. The molecular formula is C26H31N3O5. The molecule has 2 N–H and O–H groups in total. The Kier molecular flexibility index (Phi) is 4.97. The van der Waals surface area contributed by atoms with E-state index in [1.807, 2.05) is 12.1 Å². The number of alkyl carbamates (subject to hydrolysis) is 1. The number of nitrogens with zero attached hydrogens (tertiary/aromatic N) is 1. The minimum absolute atomic E-state index is 0.215. The highest BCUT2D eigenvalue weighted by Gasteiger charge is 2.61. The van der Waals surface area contributed by atoms with Crippen LogP contribution in [-0.4, -0.2) is 41.4 Å². The number of carbonyl (C=O) groups excluding carboxylic acids is 4. The molecule has 180 valence electrons. The Labute approximate surface area is 198 Å². The lowest BCUT2D eigenvalue weighted by Crippen LogP contribution is -2.57. The number of benzene rings is 1. The first-order valence-electron chi connectivity index (χ1n) is 12.5. The number of nitrogens with one attached hydrogen (secondary N) is 2. The molecule has 1 aromatic carbocycles. The Balaban J connectivity index is 0.964. The molecule has 5 aliphatic rings. The maximum absolute atomic E-state index is 12.9. The zero-order chi connectivity index (χ0) is 23.5. The first kappa shape index (κ1) is 21.6. The molecule has 4 amide bonds. The molecule has 1 unspecified atom stereocenters. The highest BCUT2D eigenvalue weighted by atomic mass is 16.5. The van der Waals surface area contributed by atoms with Crippen molar-refractivity contribution in [2.75, 3.05) is 6.61 Å². The lowest BCUT2D eigenvalue weighted by Gasteiger charge is -2.67. The zero-order valence-corrected chi connectivity index (χ0v) is 19.4. The molecule has 3 saturated carbocycles. The summed E-state index contributed by atoms with van der Waals surface area (Å²) in [7, 11) is 0. The van der Waals surface area contributed by atoms with Crippen LogP contribution in [0.2, 0.25) is 0 Å². The summed E-state index contributed by atoms with van der Waals surface area (Å²) in [6.45, 7) is 1.10. The number of ether oxygens (including phenoxy) is 1. The number of hydrogen-bond acceptors (Lipinski definition) is 5. The fraction of sp³-hybridized carbons (Fsp3) is 0.615. The first-order chi connectivity index (χ1) is 16.3. The number of piperidine rings is 1. The fourth-order valence-corrected chi connectivity index (χ4v) is 7.27. The van der Waals surface area contributed by atoms with E-state index in [4.69, 9.17) is 4.74 Å². The van der Waals surface area contributed by atoms with E-state index in [2.05, 4.69) is 10.6 Å². The fourth-order valence-electron chi connectivity index (χ4n) is 7.27. The predicted octanol–water partition coefficient (Wildman–Crippen LogP) is 3.03. The number of amides is 4. The second-order valence-electron chi connectivity index (χ2n) is 11.3. The molecule has 0 bridgehead atoms. The van der Waals surface area contributed by atoms with E-state index in [0.29, 0.717) is 41.9 Å². The summed E-state index contributed by atoms with van der Waals surface area (Å²) in [4.78, 5) is 50.2. The van der Waals surface area contributed by atoms with Crippen molar-refractivity contribution in [2.45, 2.75) is 76.9 Å². The van der Waals surface area contributed by atoms with E-state index in [-0.39, 0.29) is 24.8 Å². The standard InChI is InChI=1S/C26H31N3O5/c30-21-5-4-20(22(31)28-21)29-12-18-3-2-16(8-19(18)23(29)32)11-27-24(33)34-13-17-9-26(10-17)14-25(15-26)6-1-7-25/h2-3,8,17,20H,1,4-7,9-15H2,(H,27,33)(H,28,30,31). The van der Waals surface area contributed by atoms with Crippen LogP contribution < -0.4 is 10.6 Å². The summed E-state index contributed by atoms with van der Waals surface area (Å²) in [6.07, 6.45) is 9.55. The molecule has 34 heavy (non-hydrogen) atoms. The first-order valence-corrected chi connectivity index (χ1v) is 12.5. The molecule has 8 nitrogen and oxygen atoms in total. The Bertz CT molecular complexity index is 1060. The van der Waals surface area contributed by atoms with Gasteiger partial charge >= 0.3 is 6.09 Å². The number of hydrogen-bond donors (Lipinski definition) is 2. The molecule has 1 saturated heterocycles. The van der Waals surface area contributed by atoms with Crippen LogP contribution in [0.5, 0.6) is 0 Å². The van der Waals surface area contributed by atoms with Crippen molar-refractivity contribution in [1.82, 2.24) is 15.5 Å². The van der Waals surface area contributed by atoms with E-state index in [9.17, 15) is 19.2 Å². The van der Waals surface area contributed by atoms with Crippen LogP contribution in [0.1, 0.15) is 79.3 Å². The van der Waals surface area contributed by atoms with Crippen molar-refractivity contribution in [3.8, 4) is 0 Å². The average Bonchev–Trinajstić information content (AvgIpc) is 3.04. The quantitative estimate of drug-likeness (QED) is 0.651. The third kappa shape index (κ3) is 3.67. The van der Waals surface area contributed by atoms with Gasteiger partial charge in [-0.2, -0.15) is 0 Å². The number of carbonyl (C=O) groups is 4. The second kappa shape index (κ2) is 7.82. The Morgan fingerprint density at radius 2 is 1.94 bits per heavy atom. The molecule has 1 atom stereocenters. The van der Waals surface area contributed by atoms with Crippen molar-refractivity contribution in [1.29, 1.82) is 0 Å². The highest BCUT2D eigenvalue weighted by Crippen LogP contribution is 2.72. The number of fused-ring (bicyclic) bond motifs is 1. The van der Waals surface area contributed by atoms with Gasteiger partial charge in [-0.1, -0.05) is 18.6 Å². The summed E-state index contributed by atoms with van der Waals surface area (Å²) in [6, 6.07) is 4.89. The second-order valence-corrected chi connectivity index (χ2v) is 11.3. The Morgan fingerprint density at radius 3 is 2.65 bits per heavy atom. The molecule has 2 heterocycles. The van der Waals surface area contributed by atoms with Crippen molar-refractivity contribution < 1.29 is 23.9 Å². The highest BCUT2D eigenvalue weighted by molar-refractivity contribution is 6.05. The van der Waals surface area contributed by atoms with Gasteiger partial charge < -0.3 is 15.0 Å². The average molecular weight is 466 g/mol. The zero-order valence-electron chi connectivity index (χ0n) is 19.4. The lowest BCUT2D eigenvalue weighted by atomic mass is 9.38. The molecule has 0 aromatic heterocycles. The third-order valence-electron chi connectivity index (χ3n) is 8.84. The van der Waals surface area contributed by atoms with Gasteiger partial charge in [0.2, 0.25) is 11.8 Å². The number of imide groups is 1. The normalized spacial score (nSPS) is 26.4. The van der Waals surface area contributed by atoms with E-state index in [1.54, 1.807) is 6.07 Å². The molecule has 0 radical (unpaired) electrons. The van der Waals surface area contributed by atoms with Gasteiger partial charge in [-0.15, -0.1) is 0 Å². The van der Waals surface area contributed by atoms with Gasteiger partial charge in [0, 0.05) is 25.1 Å². The topological polar surface area (TPSA) is 105 Å². The summed E-state index contributed by atoms with van der Waals surface area (Å²) >= 11 is 0. The molecular weight excluding hydrogens is 434 g/mol. The van der Waals surface area contributed by atoms with Gasteiger partial charge in [0.15, 0.2) is 0 Å². The summed E-state index contributed by atoms with van der Waals surface area (Å²) in [5.41, 5.74) is 3.45. The molecule has 2 aliphatic heterocycles. The summed E-state index contributed by atoms with van der Waals surface area (Å²) < 4.78 is 5.46. The van der Waals surface area contributed by atoms with Crippen LogP contribution in [0.4, 0.5) is 4.79 Å². The molecule has 8 heteroatoms. The molecule has 2 spiro atoms. The van der Waals surface area contributed by atoms with Crippen molar-refractivity contribution in [2.24, 2.45) is 16.7 Å². The largest absolute Gasteiger partial charge is 0.449 e. The third-order valence-corrected chi connectivity index (χ3v) is 8.84. The van der Waals surface area contributed by atoms with E-state index >= 15 is 0 Å². The van der Waals surface area contributed by atoms with Crippen LogP contribution in [0.25, 0.3) is 0 Å². The minimum Gasteiger partial charge on any atom is -0.449 e. The van der Waals surface area contributed by atoms with Crippen molar-refractivity contribution >= 4 is 23.8 Å². The van der Waals surface area contributed by atoms with E-state index < -0.39 is 18.0 Å². The van der Waals surface area contributed by atoms with Gasteiger partial charge in [0.1, 0.15) is 6.04 Å². The predicted molar refractivity (Wildman–Crippen MR) is 121 cm³/mol. The van der Waals surface area contributed by atoms with Crippen LogP contribution in [0.3, 0.4) is 0 Å². The van der Waals surface area contributed by atoms with Crippen LogP contribution in [0, 0.1) is 16.7 Å². The van der Waals surface area contributed by atoms with Gasteiger partial charge in [-0.25, -0.2) is 4.79 Å². The summed E-state index contributed by atoms with van der Waals surface area (Å²) in [5.74, 6) is -0.446. The molecule has 1 aromatic rings.